The number of aryl methyl sites for hydroxylation is 1. The van der Waals surface area contributed by atoms with E-state index in [-0.39, 0.29) is 23.9 Å². The lowest BCUT2D eigenvalue weighted by atomic mass is 10.0. The van der Waals surface area contributed by atoms with Crippen LogP contribution in [0.25, 0.3) is 33.6 Å². The van der Waals surface area contributed by atoms with Crippen molar-refractivity contribution in [1.29, 1.82) is 0 Å². The van der Waals surface area contributed by atoms with Crippen molar-refractivity contribution in [1.82, 2.24) is 40.0 Å². The molecule has 2 amide bonds. The van der Waals surface area contributed by atoms with Gasteiger partial charge in [0.05, 0.1) is 16.7 Å². The molecule has 1 aliphatic heterocycles. The van der Waals surface area contributed by atoms with Crippen molar-refractivity contribution in [2.24, 2.45) is 13.0 Å². The number of imidazole rings is 1. The lowest BCUT2D eigenvalue weighted by molar-refractivity contribution is -0.117. The molecule has 0 spiro atoms. The van der Waals surface area contributed by atoms with Crippen molar-refractivity contribution < 1.29 is 9.59 Å². The van der Waals surface area contributed by atoms with Gasteiger partial charge >= 0.3 is 0 Å². The molecule has 1 aromatic carbocycles. The largest absolute Gasteiger partial charge is 0.348 e. The molecule has 3 N–H and O–H groups in total. The fourth-order valence-corrected chi connectivity index (χ4v) is 5.64. The highest BCUT2D eigenvalue weighted by Crippen LogP contribution is 2.35. The second-order valence-corrected chi connectivity index (χ2v) is 11.6. The van der Waals surface area contributed by atoms with Crippen LogP contribution in [0.4, 0.5) is 0 Å². The molecule has 10 nitrogen and oxygen atoms in total. The zero-order valence-electron chi connectivity index (χ0n) is 23.9. The molecule has 2 aliphatic rings. The number of amides is 2. The third kappa shape index (κ3) is 6.03. The quantitative estimate of drug-likeness (QED) is 0.275. The van der Waals surface area contributed by atoms with E-state index in [4.69, 9.17) is 4.98 Å². The minimum absolute atomic E-state index is 0.0525. The Balaban J connectivity index is 1.17. The Bertz CT molecular complexity index is 1610. The minimum Gasteiger partial charge on any atom is -0.348 e. The molecule has 214 valence electrons. The molecule has 1 aliphatic carbocycles. The summed E-state index contributed by atoms with van der Waals surface area (Å²) in [4.78, 5) is 37.2. The van der Waals surface area contributed by atoms with Gasteiger partial charge in [0.25, 0.3) is 5.91 Å². The smallest absolute Gasteiger partial charge is 0.251 e. The molecule has 2 fully saturated rings. The first-order valence-corrected chi connectivity index (χ1v) is 14.4. The molecule has 10 heteroatoms. The summed E-state index contributed by atoms with van der Waals surface area (Å²) in [5.41, 5.74) is 4.36. The molecule has 1 saturated heterocycles. The van der Waals surface area contributed by atoms with Gasteiger partial charge in [-0.25, -0.2) is 9.97 Å². The second-order valence-electron chi connectivity index (χ2n) is 11.6. The Labute approximate surface area is 239 Å². The number of nitrogens with one attached hydrogen (secondary N) is 3. The summed E-state index contributed by atoms with van der Waals surface area (Å²) in [5.74, 6) is 1.30. The van der Waals surface area contributed by atoms with Gasteiger partial charge in [-0.05, 0) is 75.7 Å². The van der Waals surface area contributed by atoms with Crippen molar-refractivity contribution in [2.45, 2.75) is 37.9 Å². The van der Waals surface area contributed by atoms with Crippen LogP contribution >= 0.6 is 0 Å². The van der Waals surface area contributed by atoms with E-state index < -0.39 is 0 Å². The first-order valence-electron chi connectivity index (χ1n) is 14.4. The van der Waals surface area contributed by atoms with Gasteiger partial charge in [0.15, 0.2) is 5.82 Å². The van der Waals surface area contributed by atoms with E-state index in [1.165, 1.54) is 12.8 Å². The number of hydrogen-bond donors (Lipinski definition) is 3. The number of hydrogen-bond acceptors (Lipinski definition) is 6. The molecule has 1 saturated carbocycles. The van der Waals surface area contributed by atoms with Crippen LogP contribution in [-0.2, 0) is 18.4 Å². The van der Waals surface area contributed by atoms with Gasteiger partial charge in [-0.3, -0.25) is 9.59 Å². The molecular formula is C31H38N8O2. The number of benzene rings is 1. The highest BCUT2D eigenvalue weighted by molar-refractivity contribution is 5.98. The van der Waals surface area contributed by atoms with Crippen molar-refractivity contribution in [3.8, 4) is 11.5 Å². The lowest BCUT2D eigenvalue weighted by Crippen LogP contribution is -2.55. The zero-order chi connectivity index (χ0) is 28.5. The van der Waals surface area contributed by atoms with Crippen LogP contribution in [-0.4, -0.2) is 81.6 Å². The van der Waals surface area contributed by atoms with E-state index in [0.717, 1.165) is 40.1 Å². The summed E-state index contributed by atoms with van der Waals surface area (Å²) in [6, 6.07) is 11.8. The van der Waals surface area contributed by atoms with Crippen LogP contribution in [0.5, 0.6) is 0 Å². The maximum atomic E-state index is 13.3. The third-order valence-electron chi connectivity index (χ3n) is 7.94. The van der Waals surface area contributed by atoms with Crippen molar-refractivity contribution >= 4 is 33.9 Å². The molecule has 6 rings (SSSR count). The summed E-state index contributed by atoms with van der Waals surface area (Å²) in [5, 5.41) is 10.6. The van der Waals surface area contributed by atoms with Gasteiger partial charge in [0.1, 0.15) is 5.65 Å². The van der Waals surface area contributed by atoms with E-state index >= 15 is 0 Å². The Morgan fingerprint density at radius 2 is 1.93 bits per heavy atom. The molecule has 41 heavy (non-hydrogen) atoms. The van der Waals surface area contributed by atoms with Crippen LogP contribution < -0.4 is 16.0 Å². The summed E-state index contributed by atoms with van der Waals surface area (Å²) < 4.78 is 4.39. The lowest BCUT2D eigenvalue weighted by Gasteiger charge is -2.31. The molecule has 4 aromatic rings. The molecule has 0 bridgehead atoms. The average molecular weight is 555 g/mol. The maximum absolute atomic E-state index is 13.3. The number of fused-ring (bicyclic) bond motifs is 2. The molecule has 4 heterocycles. The minimum atomic E-state index is -0.143. The zero-order valence-corrected chi connectivity index (χ0v) is 23.9. The van der Waals surface area contributed by atoms with Crippen LogP contribution in [0.3, 0.4) is 0 Å². The summed E-state index contributed by atoms with van der Waals surface area (Å²) in [6.45, 7) is 2.98. The summed E-state index contributed by atoms with van der Waals surface area (Å²) in [6.07, 6.45) is 8.43. The standard InChI is InChI=1S/C31H38N8O2/c1-37(2)13-5-7-28(40)34-23-16-24(18-32-17-23)35-31(41)22-10-11-26-25(14-22)36-30(38(26)3)27-15-21-6-4-12-33-29(21)39(27)19-20-8-9-20/h4-7,10-12,14-15,20,23-24,32H,8-9,13,16-19H2,1-3H3,(H,34,40)(H,35,41)/b7-5+/t23-,24+/m0/s1. The first kappa shape index (κ1) is 27.2. The van der Waals surface area contributed by atoms with E-state index in [1.807, 2.05) is 62.6 Å². The monoisotopic (exact) mass is 554 g/mol. The van der Waals surface area contributed by atoms with E-state index in [0.29, 0.717) is 37.5 Å². The van der Waals surface area contributed by atoms with Crippen LogP contribution in [0.2, 0.25) is 0 Å². The molecular weight excluding hydrogens is 516 g/mol. The average Bonchev–Trinajstić information content (AvgIpc) is 3.62. The van der Waals surface area contributed by atoms with Gasteiger partial charge in [0.2, 0.25) is 5.91 Å². The molecule has 2 atom stereocenters. The topological polar surface area (TPSA) is 109 Å². The Morgan fingerprint density at radius 1 is 1.12 bits per heavy atom. The highest BCUT2D eigenvalue weighted by Gasteiger charge is 2.27. The fraction of sp³-hybridized carbons (Fsp3) is 0.419. The fourth-order valence-electron chi connectivity index (χ4n) is 5.64. The Kier molecular flexibility index (Phi) is 7.59. The maximum Gasteiger partial charge on any atom is 0.251 e. The van der Waals surface area contributed by atoms with Gasteiger partial charge in [0, 0.05) is 68.5 Å². The number of carbonyl (C=O) groups excluding carboxylic acids is 2. The molecule has 0 radical (unpaired) electrons. The molecule has 3 aromatic heterocycles. The predicted octanol–water partition coefficient (Wildman–Crippen LogP) is 2.69. The summed E-state index contributed by atoms with van der Waals surface area (Å²) >= 11 is 0. The first-order chi connectivity index (χ1) is 19.9. The van der Waals surface area contributed by atoms with E-state index in [2.05, 4.69) is 42.2 Å². The number of carbonyl (C=O) groups is 2. The number of likely N-dealkylation sites (N-methyl/N-ethyl adjacent to an activating group) is 1. The van der Waals surface area contributed by atoms with Gasteiger partial charge in [-0.15, -0.1) is 0 Å². The highest BCUT2D eigenvalue weighted by atomic mass is 16.2. The van der Waals surface area contributed by atoms with Crippen molar-refractivity contribution in [3.05, 3.63) is 60.3 Å². The SMILES string of the molecule is CN(C)C/C=C/C(=O)N[C@@H]1CNC[C@H](NC(=O)c2ccc3c(c2)nc(-c2cc4cccnc4n2CC2CC2)n3C)C1. The Hall–Kier alpha value is -4.02. The van der Waals surface area contributed by atoms with E-state index in [1.54, 1.807) is 6.08 Å². The number of aromatic nitrogens is 4. The van der Waals surface area contributed by atoms with Crippen molar-refractivity contribution in [2.75, 3.05) is 33.7 Å². The second kappa shape index (κ2) is 11.5. The number of nitrogens with zero attached hydrogens (tertiary/aromatic N) is 5. The van der Waals surface area contributed by atoms with E-state index in [9.17, 15) is 9.59 Å². The predicted molar refractivity (Wildman–Crippen MR) is 161 cm³/mol. The van der Waals surface area contributed by atoms with Gasteiger partial charge < -0.3 is 30.0 Å². The van der Waals surface area contributed by atoms with Crippen LogP contribution in [0, 0.1) is 5.92 Å². The summed E-state index contributed by atoms with van der Waals surface area (Å²) in [7, 11) is 5.94. The molecule has 0 unspecified atom stereocenters. The number of pyridine rings is 1. The van der Waals surface area contributed by atoms with Crippen LogP contribution in [0.15, 0.2) is 54.7 Å². The van der Waals surface area contributed by atoms with Crippen molar-refractivity contribution in [3.63, 3.8) is 0 Å². The number of piperidine rings is 1. The van der Waals surface area contributed by atoms with Gasteiger partial charge in [-0.2, -0.15) is 0 Å². The number of rotatable bonds is 9. The van der Waals surface area contributed by atoms with Gasteiger partial charge in [-0.1, -0.05) is 6.08 Å². The normalized spacial score (nSPS) is 19.4. The third-order valence-corrected chi connectivity index (χ3v) is 7.94. The van der Waals surface area contributed by atoms with Crippen LogP contribution in [0.1, 0.15) is 29.6 Å². The Morgan fingerprint density at radius 3 is 2.71 bits per heavy atom.